The topological polar surface area (TPSA) is 106 Å². The van der Waals surface area contributed by atoms with Crippen LogP contribution in [0.4, 0.5) is 0 Å². The third-order valence-corrected chi connectivity index (χ3v) is 5.58. The number of benzene rings is 2. The molecule has 1 fully saturated rings. The second-order valence-electron chi connectivity index (χ2n) is 7.75. The predicted molar refractivity (Wildman–Crippen MR) is 131 cm³/mol. The lowest BCUT2D eigenvalue weighted by atomic mass is 10.1. The monoisotopic (exact) mass is 490 g/mol. The van der Waals surface area contributed by atoms with E-state index in [9.17, 15) is 9.59 Å². The summed E-state index contributed by atoms with van der Waals surface area (Å²) in [5, 5.41) is 6.75. The van der Waals surface area contributed by atoms with Crippen molar-refractivity contribution in [1.29, 1.82) is 0 Å². The van der Waals surface area contributed by atoms with Gasteiger partial charge < -0.3 is 5.73 Å². The number of halogens is 2. The van der Waals surface area contributed by atoms with Crippen molar-refractivity contribution in [2.45, 2.75) is 37.9 Å². The van der Waals surface area contributed by atoms with Gasteiger partial charge >= 0.3 is 0 Å². The van der Waals surface area contributed by atoms with Crippen LogP contribution in [0.3, 0.4) is 0 Å². The highest BCUT2D eigenvalue weighted by Crippen LogP contribution is 2.23. The Bertz CT molecular complexity index is 1030. The number of nitrogens with two attached hydrogens (primary N) is 1. The van der Waals surface area contributed by atoms with Crippen molar-refractivity contribution in [3.8, 4) is 5.69 Å². The Morgan fingerprint density at radius 1 is 1.09 bits per heavy atom. The minimum Gasteiger partial charge on any atom is -0.320 e. The summed E-state index contributed by atoms with van der Waals surface area (Å²) in [6.45, 7) is 1.37. The molecule has 1 aliphatic rings. The maximum Gasteiger partial charge on any atom is 0.243 e. The van der Waals surface area contributed by atoms with Crippen LogP contribution in [0.5, 0.6) is 0 Å². The van der Waals surface area contributed by atoms with Gasteiger partial charge in [-0.2, -0.15) is 5.10 Å². The number of aromatic nitrogens is 3. The summed E-state index contributed by atoms with van der Waals surface area (Å²) < 4.78 is 1.71. The van der Waals surface area contributed by atoms with Crippen LogP contribution in [-0.4, -0.2) is 50.1 Å². The summed E-state index contributed by atoms with van der Waals surface area (Å²) in [6.07, 6.45) is 5.14. The average Bonchev–Trinajstić information content (AvgIpc) is 3.47. The molecule has 0 spiro atoms. The van der Waals surface area contributed by atoms with E-state index in [2.05, 4.69) is 20.3 Å². The van der Waals surface area contributed by atoms with Crippen LogP contribution in [0.1, 0.15) is 24.0 Å². The first-order valence-electron chi connectivity index (χ1n) is 10.4. The fourth-order valence-corrected chi connectivity index (χ4v) is 3.99. The van der Waals surface area contributed by atoms with Gasteiger partial charge in [-0.05, 0) is 43.0 Å². The van der Waals surface area contributed by atoms with Crippen LogP contribution in [0.2, 0.25) is 0 Å². The molecule has 2 atom stereocenters. The first kappa shape index (κ1) is 26.5. The van der Waals surface area contributed by atoms with Gasteiger partial charge in [0.05, 0.1) is 17.8 Å². The zero-order valence-corrected chi connectivity index (χ0v) is 19.7. The number of hydrogen-bond acceptors (Lipinski definition) is 6. The molecule has 10 heteroatoms. The van der Waals surface area contributed by atoms with Crippen LogP contribution in [0, 0.1) is 0 Å². The summed E-state index contributed by atoms with van der Waals surface area (Å²) in [4.78, 5) is 31.5. The molecule has 0 bridgehead atoms. The van der Waals surface area contributed by atoms with Gasteiger partial charge in [0.15, 0.2) is 0 Å². The van der Waals surface area contributed by atoms with Crippen LogP contribution in [-0.2, 0) is 22.6 Å². The number of carbonyl (C=O) groups is 2. The molecule has 8 nitrogen and oxygen atoms in total. The molecule has 0 radical (unpaired) electrons. The molecule has 176 valence electrons. The van der Waals surface area contributed by atoms with Crippen molar-refractivity contribution in [3.05, 3.63) is 78.4 Å². The molecule has 1 aromatic heterocycles. The molecular weight excluding hydrogens is 463 g/mol. The molecule has 33 heavy (non-hydrogen) atoms. The van der Waals surface area contributed by atoms with Crippen LogP contribution < -0.4 is 11.1 Å². The lowest BCUT2D eigenvalue weighted by Crippen LogP contribution is -2.50. The van der Waals surface area contributed by atoms with E-state index in [-0.39, 0.29) is 36.8 Å². The maximum absolute atomic E-state index is 12.9. The highest BCUT2D eigenvalue weighted by Gasteiger charge is 2.32. The summed E-state index contributed by atoms with van der Waals surface area (Å²) in [7, 11) is 0. The van der Waals surface area contributed by atoms with Gasteiger partial charge in [0.25, 0.3) is 0 Å². The second kappa shape index (κ2) is 12.5. The summed E-state index contributed by atoms with van der Waals surface area (Å²) in [5.74, 6) is -0.729. The number of amides is 2. The van der Waals surface area contributed by atoms with E-state index < -0.39 is 11.9 Å². The predicted octanol–water partition coefficient (Wildman–Crippen LogP) is 2.29. The molecular formula is C23H28Cl2N6O2. The summed E-state index contributed by atoms with van der Waals surface area (Å²) in [5.41, 5.74) is 8.96. The quantitative estimate of drug-likeness (QED) is 0.526. The minimum atomic E-state index is -0.769. The highest BCUT2D eigenvalue weighted by molar-refractivity contribution is 6.00. The zero-order valence-electron chi connectivity index (χ0n) is 18.0. The van der Waals surface area contributed by atoms with Gasteiger partial charge in [0.2, 0.25) is 11.8 Å². The Morgan fingerprint density at radius 2 is 1.82 bits per heavy atom. The number of rotatable bonds is 7. The Hall–Kier alpha value is -2.78. The van der Waals surface area contributed by atoms with Gasteiger partial charge in [-0.25, -0.2) is 9.67 Å². The van der Waals surface area contributed by atoms with Gasteiger partial charge in [-0.3, -0.25) is 19.8 Å². The molecule has 2 heterocycles. The molecule has 0 aliphatic carbocycles. The fraction of sp³-hybridized carbons (Fsp3) is 0.304. The van der Waals surface area contributed by atoms with Crippen LogP contribution in [0.25, 0.3) is 5.69 Å². The van der Waals surface area contributed by atoms with Gasteiger partial charge in [0, 0.05) is 6.54 Å². The lowest BCUT2D eigenvalue weighted by molar-refractivity contribution is -0.133. The van der Waals surface area contributed by atoms with E-state index >= 15 is 0 Å². The number of nitrogens with zero attached hydrogens (tertiary/aromatic N) is 4. The Balaban J connectivity index is 0.00000193. The van der Waals surface area contributed by atoms with E-state index in [1.54, 1.807) is 11.0 Å². The van der Waals surface area contributed by atoms with Crippen molar-refractivity contribution >= 4 is 36.6 Å². The first-order chi connectivity index (χ1) is 15.1. The van der Waals surface area contributed by atoms with E-state index in [0.29, 0.717) is 19.4 Å². The van der Waals surface area contributed by atoms with Crippen molar-refractivity contribution in [2.75, 3.05) is 6.54 Å². The van der Waals surface area contributed by atoms with Gasteiger partial charge in [0.1, 0.15) is 12.7 Å². The molecule has 2 amide bonds. The van der Waals surface area contributed by atoms with E-state index in [1.165, 1.54) is 6.33 Å². The molecule has 1 saturated heterocycles. The average molecular weight is 491 g/mol. The number of likely N-dealkylation sites (tertiary alicyclic amines) is 1. The van der Waals surface area contributed by atoms with Crippen molar-refractivity contribution in [1.82, 2.24) is 25.0 Å². The SMILES string of the molecule is Cl.Cl.N[C@H](Cc1ccccc1)C(=O)NC(=O)[C@@H]1CCCN1Cc1ccccc1-n1cncn1. The standard InChI is InChI=1S/C23H26N6O2.2ClH/c24-19(13-17-7-2-1-3-8-17)22(30)27-23(31)21-11-6-12-28(21)14-18-9-4-5-10-20(18)29-16-25-15-26-29;;/h1-5,7-10,15-16,19,21H,6,11-14,24H2,(H,27,30,31);2*1H/t19-,21+;;/m1../s1. The molecule has 1 aliphatic heterocycles. The summed E-state index contributed by atoms with van der Waals surface area (Å²) >= 11 is 0. The molecule has 2 aromatic carbocycles. The Morgan fingerprint density at radius 3 is 2.55 bits per heavy atom. The van der Waals surface area contributed by atoms with Crippen molar-refractivity contribution < 1.29 is 9.59 Å². The molecule has 3 aromatic rings. The first-order valence-corrected chi connectivity index (χ1v) is 10.4. The molecule has 0 unspecified atom stereocenters. The maximum atomic E-state index is 12.9. The number of carbonyl (C=O) groups excluding carboxylic acids is 2. The van der Waals surface area contributed by atoms with Gasteiger partial charge in [-0.15, -0.1) is 24.8 Å². The number of nitrogens with one attached hydrogen (secondary N) is 1. The highest BCUT2D eigenvalue weighted by atomic mass is 35.5. The second-order valence-corrected chi connectivity index (χ2v) is 7.75. The lowest BCUT2D eigenvalue weighted by Gasteiger charge is -2.25. The number of hydrogen-bond donors (Lipinski definition) is 2. The summed E-state index contributed by atoms with van der Waals surface area (Å²) in [6, 6.07) is 16.3. The minimum absolute atomic E-state index is 0. The van der Waals surface area contributed by atoms with Crippen molar-refractivity contribution in [3.63, 3.8) is 0 Å². The third kappa shape index (κ3) is 6.61. The number of imide groups is 1. The smallest absolute Gasteiger partial charge is 0.243 e. The number of para-hydroxylation sites is 1. The van der Waals surface area contributed by atoms with Crippen LogP contribution in [0.15, 0.2) is 67.3 Å². The van der Waals surface area contributed by atoms with E-state index in [1.807, 2.05) is 54.6 Å². The van der Waals surface area contributed by atoms with Crippen molar-refractivity contribution in [2.24, 2.45) is 5.73 Å². The normalized spacial score (nSPS) is 16.3. The third-order valence-electron chi connectivity index (χ3n) is 5.58. The largest absolute Gasteiger partial charge is 0.320 e. The zero-order chi connectivity index (χ0) is 21.6. The Kier molecular flexibility index (Phi) is 9.99. The van der Waals surface area contributed by atoms with E-state index in [4.69, 9.17) is 5.73 Å². The molecule has 0 saturated carbocycles. The fourth-order valence-electron chi connectivity index (χ4n) is 3.99. The Labute approximate surface area is 205 Å². The van der Waals surface area contributed by atoms with Crippen LogP contribution >= 0.6 is 24.8 Å². The van der Waals surface area contributed by atoms with Gasteiger partial charge in [-0.1, -0.05) is 48.5 Å². The molecule has 3 N–H and O–H groups in total. The van der Waals surface area contributed by atoms with E-state index in [0.717, 1.165) is 29.8 Å². The molecule has 4 rings (SSSR count).